The van der Waals surface area contributed by atoms with Crippen LogP contribution in [0, 0.1) is 13.8 Å². The fourth-order valence-electron chi connectivity index (χ4n) is 2.11. The lowest BCUT2D eigenvalue weighted by atomic mass is 10.2. The number of aromatic nitrogens is 4. The van der Waals surface area contributed by atoms with E-state index in [1.807, 2.05) is 30.5 Å². The largest absolute Gasteiger partial charge is 0.461 e. The molecule has 0 aromatic carbocycles. The van der Waals surface area contributed by atoms with Crippen LogP contribution >= 0.6 is 11.8 Å². The lowest BCUT2D eigenvalue weighted by Gasteiger charge is -2.05. The molecule has 0 spiro atoms. The van der Waals surface area contributed by atoms with Crippen LogP contribution in [0.25, 0.3) is 11.6 Å². The van der Waals surface area contributed by atoms with Gasteiger partial charge in [-0.1, -0.05) is 16.9 Å². The molecule has 3 aromatic heterocycles. The number of nitrogens with zero attached hydrogens (tertiary/aromatic N) is 4. The molecular formula is C14H16N4O2S. The Morgan fingerprint density at radius 2 is 2.14 bits per heavy atom. The molecule has 0 saturated heterocycles. The number of aryl methyl sites for hydroxylation is 2. The zero-order chi connectivity index (χ0) is 14.8. The highest BCUT2D eigenvalue weighted by Crippen LogP contribution is 2.28. The molecule has 3 aromatic rings. The highest BCUT2D eigenvalue weighted by molar-refractivity contribution is 7.98. The summed E-state index contributed by atoms with van der Waals surface area (Å²) in [6, 6.07) is 3.74. The van der Waals surface area contributed by atoms with Crippen LogP contribution in [0.5, 0.6) is 0 Å². The Morgan fingerprint density at radius 3 is 2.76 bits per heavy atom. The van der Waals surface area contributed by atoms with Crippen LogP contribution in [0.4, 0.5) is 0 Å². The molecule has 7 heteroatoms. The fraction of sp³-hybridized carbons (Fsp3) is 0.357. The van der Waals surface area contributed by atoms with Gasteiger partial charge in [-0.3, -0.25) is 4.57 Å². The first kappa shape index (κ1) is 13.9. The van der Waals surface area contributed by atoms with Crippen molar-refractivity contribution in [2.75, 3.05) is 0 Å². The number of hydrogen-bond donors (Lipinski definition) is 0. The van der Waals surface area contributed by atoms with Crippen LogP contribution in [-0.4, -0.2) is 19.9 Å². The average Bonchev–Trinajstić information content (AvgIpc) is 3.18. The van der Waals surface area contributed by atoms with E-state index in [-0.39, 0.29) is 0 Å². The fourth-order valence-corrected chi connectivity index (χ4v) is 3.27. The maximum atomic E-state index is 5.41. The Hall–Kier alpha value is -2.02. The minimum atomic E-state index is 0.730. The van der Waals surface area contributed by atoms with Gasteiger partial charge in [0.25, 0.3) is 0 Å². The molecule has 0 aliphatic rings. The van der Waals surface area contributed by atoms with Gasteiger partial charge in [-0.15, -0.1) is 10.2 Å². The van der Waals surface area contributed by atoms with E-state index >= 15 is 0 Å². The number of thioether (sulfide) groups is 1. The highest BCUT2D eigenvalue weighted by Gasteiger charge is 2.16. The van der Waals surface area contributed by atoms with E-state index in [1.165, 1.54) is 0 Å². The standard InChI is InChI=1S/C14H16N4O2S/c1-4-18-13(12-6-5-7-19-12)15-16-14(18)21-8-11-9(2)17-20-10(11)3/h5-7H,4,8H2,1-3H3. The van der Waals surface area contributed by atoms with E-state index in [0.717, 1.165) is 46.1 Å². The van der Waals surface area contributed by atoms with Crippen molar-refractivity contribution in [3.05, 3.63) is 35.4 Å². The van der Waals surface area contributed by atoms with Gasteiger partial charge in [0.1, 0.15) is 5.76 Å². The normalized spacial score (nSPS) is 11.2. The molecule has 0 saturated carbocycles. The van der Waals surface area contributed by atoms with E-state index in [9.17, 15) is 0 Å². The molecule has 110 valence electrons. The van der Waals surface area contributed by atoms with Gasteiger partial charge in [0.2, 0.25) is 0 Å². The SMILES string of the molecule is CCn1c(SCc2c(C)noc2C)nnc1-c1ccco1. The van der Waals surface area contributed by atoms with Crippen LogP contribution in [0.1, 0.15) is 23.9 Å². The molecular weight excluding hydrogens is 288 g/mol. The molecule has 0 bridgehead atoms. The summed E-state index contributed by atoms with van der Waals surface area (Å²) in [6.07, 6.45) is 1.64. The summed E-state index contributed by atoms with van der Waals surface area (Å²) in [5, 5.41) is 13.3. The van der Waals surface area contributed by atoms with Crippen LogP contribution in [0.2, 0.25) is 0 Å². The van der Waals surface area contributed by atoms with Gasteiger partial charge in [0.15, 0.2) is 16.7 Å². The van der Waals surface area contributed by atoms with Gasteiger partial charge < -0.3 is 8.94 Å². The van der Waals surface area contributed by atoms with Crippen molar-refractivity contribution in [3.63, 3.8) is 0 Å². The van der Waals surface area contributed by atoms with Crippen molar-refractivity contribution >= 4 is 11.8 Å². The summed E-state index contributed by atoms with van der Waals surface area (Å²) in [7, 11) is 0. The van der Waals surface area contributed by atoms with Gasteiger partial charge in [-0.2, -0.15) is 0 Å². The minimum Gasteiger partial charge on any atom is -0.461 e. The third kappa shape index (κ3) is 2.61. The summed E-state index contributed by atoms with van der Waals surface area (Å²) < 4.78 is 12.6. The maximum absolute atomic E-state index is 5.41. The molecule has 0 N–H and O–H groups in total. The number of furan rings is 1. The Balaban J connectivity index is 1.83. The highest BCUT2D eigenvalue weighted by atomic mass is 32.2. The number of hydrogen-bond acceptors (Lipinski definition) is 6. The third-order valence-electron chi connectivity index (χ3n) is 3.30. The van der Waals surface area contributed by atoms with Crippen molar-refractivity contribution < 1.29 is 8.94 Å². The van der Waals surface area contributed by atoms with Crippen molar-refractivity contribution in [2.24, 2.45) is 0 Å². The Morgan fingerprint density at radius 1 is 1.29 bits per heavy atom. The average molecular weight is 304 g/mol. The molecule has 6 nitrogen and oxygen atoms in total. The Bertz CT molecular complexity index is 711. The predicted octanol–water partition coefficient (Wildman–Crippen LogP) is 3.46. The zero-order valence-electron chi connectivity index (χ0n) is 12.2. The predicted molar refractivity (Wildman–Crippen MR) is 78.9 cm³/mol. The van der Waals surface area contributed by atoms with Crippen molar-refractivity contribution in [3.8, 4) is 11.6 Å². The van der Waals surface area contributed by atoms with E-state index in [4.69, 9.17) is 8.94 Å². The molecule has 3 heterocycles. The summed E-state index contributed by atoms with van der Waals surface area (Å²) in [6.45, 7) is 6.72. The van der Waals surface area contributed by atoms with Crippen LogP contribution < -0.4 is 0 Å². The lowest BCUT2D eigenvalue weighted by molar-refractivity contribution is 0.392. The second-order valence-electron chi connectivity index (χ2n) is 4.62. The first-order valence-electron chi connectivity index (χ1n) is 6.72. The van der Waals surface area contributed by atoms with E-state index in [1.54, 1.807) is 18.0 Å². The molecule has 0 aliphatic heterocycles. The van der Waals surface area contributed by atoms with Crippen molar-refractivity contribution in [1.82, 2.24) is 19.9 Å². The summed E-state index contributed by atoms with van der Waals surface area (Å²) in [5.41, 5.74) is 2.04. The Kier molecular flexibility index (Phi) is 3.83. The monoisotopic (exact) mass is 304 g/mol. The molecule has 21 heavy (non-hydrogen) atoms. The minimum absolute atomic E-state index is 0.730. The van der Waals surface area contributed by atoms with Crippen LogP contribution in [-0.2, 0) is 12.3 Å². The smallest absolute Gasteiger partial charge is 0.200 e. The Labute approximate surface area is 126 Å². The van der Waals surface area contributed by atoms with Gasteiger partial charge >= 0.3 is 0 Å². The molecule has 0 unspecified atom stereocenters. The summed E-state index contributed by atoms with van der Waals surface area (Å²) in [4.78, 5) is 0. The van der Waals surface area contributed by atoms with E-state index in [0.29, 0.717) is 0 Å². The number of rotatable bonds is 5. The van der Waals surface area contributed by atoms with Gasteiger partial charge in [0, 0.05) is 17.9 Å². The molecule has 3 rings (SSSR count). The van der Waals surface area contributed by atoms with Crippen molar-refractivity contribution in [2.45, 2.75) is 38.2 Å². The topological polar surface area (TPSA) is 69.9 Å². The second-order valence-corrected chi connectivity index (χ2v) is 5.56. The first-order valence-corrected chi connectivity index (χ1v) is 7.71. The molecule has 0 aliphatic carbocycles. The molecule has 0 atom stereocenters. The van der Waals surface area contributed by atoms with Crippen molar-refractivity contribution in [1.29, 1.82) is 0 Å². The lowest BCUT2D eigenvalue weighted by Crippen LogP contribution is -1.99. The first-order chi connectivity index (χ1) is 10.2. The molecule has 0 amide bonds. The summed E-state index contributed by atoms with van der Waals surface area (Å²) in [5.74, 6) is 3.10. The second kappa shape index (κ2) is 5.77. The van der Waals surface area contributed by atoms with Gasteiger partial charge in [-0.25, -0.2) is 0 Å². The zero-order valence-corrected chi connectivity index (χ0v) is 13.0. The quantitative estimate of drug-likeness (QED) is 0.672. The van der Waals surface area contributed by atoms with E-state index in [2.05, 4.69) is 22.3 Å². The van der Waals surface area contributed by atoms with Gasteiger partial charge in [-0.05, 0) is 32.9 Å². The van der Waals surface area contributed by atoms with Gasteiger partial charge in [0.05, 0.1) is 12.0 Å². The molecule has 0 fully saturated rings. The van der Waals surface area contributed by atoms with Crippen LogP contribution in [0.15, 0.2) is 32.5 Å². The summed E-state index contributed by atoms with van der Waals surface area (Å²) >= 11 is 1.62. The van der Waals surface area contributed by atoms with E-state index < -0.39 is 0 Å². The molecule has 0 radical (unpaired) electrons. The third-order valence-corrected chi connectivity index (χ3v) is 4.29. The maximum Gasteiger partial charge on any atom is 0.200 e. The van der Waals surface area contributed by atoms with Crippen LogP contribution in [0.3, 0.4) is 0 Å².